The molecule has 1 aliphatic rings. The average molecular weight is 256 g/mol. The minimum atomic E-state index is 0.644. The van der Waals surface area contributed by atoms with E-state index in [1.807, 2.05) is 12.1 Å². The van der Waals surface area contributed by atoms with E-state index in [9.17, 15) is 0 Å². The molecule has 0 radical (unpaired) electrons. The van der Waals surface area contributed by atoms with Crippen LogP contribution in [0, 0.1) is 0 Å². The van der Waals surface area contributed by atoms with Crippen molar-refractivity contribution >= 4 is 0 Å². The van der Waals surface area contributed by atoms with Gasteiger partial charge < -0.3 is 9.30 Å². The number of methoxy groups -OCH3 is 1. The molecule has 100 valence electrons. The Balaban J connectivity index is 1.83. The zero-order valence-corrected chi connectivity index (χ0v) is 11.6. The zero-order valence-electron chi connectivity index (χ0n) is 11.6. The van der Waals surface area contributed by atoms with Gasteiger partial charge in [-0.3, -0.25) is 0 Å². The predicted molar refractivity (Wildman–Crippen MR) is 75.7 cm³/mol. The fourth-order valence-electron chi connectivity index (χ4n) is 2.85. The Bertz CT molecular complexity index is 557. The van der Waals surface area contributed by atoms with Crippen LogP contribution in [0.15, 0.2) is 30.5 Å². The number of imidazole rings is 1. The highest BCUT2D eigenvalue weighted by atomic mass is 16.5. The second-order valence-electron chi connectivity index (χ2n) is 5.32. The second kappa shape index (κ2) is 5.08. The highest BCUT2D eigenvalue weighted by molar-refractivity contribution is 5.29. The van der Waals surface area contributed by atoms with E-state index in [1.165, 1.54) is 29.9 Å². The molecule has 0 amide bonds. The average Bonchev–Trinajstić information content (AvgIpc) is 2.84. The fraction of sp³-hybridized carbons (Fsp3) is 0.438. The molecule has 1 aliphatic heterocycles. The molecule has 0 bridgehead atoms. The van der Waals surface area contributed by atoms with Gasteiger partial charge in [0.15, 0.2) is 0 Å². The van der Waals surface area contributed by atoms with E-state index in [2.05, 4.69) is 34.8 Å². The van der Waals surface area contributed by atoms with E-state index in [0.717, 1.165) is 18.7 Å². The first-order chi connectivity index (χ1) is 9.28. The number of rotatable bonds is 3. The topological polar surface area (TPSA) is 27.1 Å². The molecule has 0 aliphatic carbocycles. The number of nitrogens with zero attached hydrogens (tertiary/aromatic N) is 2. The van der Waals surface area contributed by atoms with Crippen molar-refractivity contribution in [1.29, 1.82) is 0 Å². The van der Waals surface area contributed by atoms with Gasteiger partial charge >= 0.3 is 0 Å². The van der Waals surface area contributed by atoms with Crippen molar-refractivity contribution in [2.75, 3.05) is 7.11 Å². The van der Waals surface area contributed by atoms with Crippen LogP contribution in [-0.2, 0) is 13.0 Å². The summed E-state index contributed by atoms with van der Waals surface area (Å²) in [5, 5.41) is 0. The number of hydrogen-bond acceptors (Lipinski definition) is 2. The largest absolute Gasteiger partial charge is 0.497 e. The van der Waals surface area contributed by atoms with Gasteiger partial charge in [0.2, 0.25) is 0 Å². The van der Waals surface area contributed by atoms with Gasteiger partial charge in [0.05, 0.1) is 7.11 Å². The van der Waals surface area contributed by atoms with Crippen molar-refractivity contribution in [1.82, 2.24) is 9.55 Å². The molecule has 1 atom stereocenters. The van der Waals surface area contributed by atoms with Crippen molar-refractivity contribution in [3.05, 3.63) is 47.5 Å². The summed E-state index contributed by atoms with van der Waals surface area (Å²) in [5.41, 5.74) is 2.68. The molecule has 1 aromatic heterocycles. The summed E-state index contributed by atoms with van der Waals surface area (Å²) in [6.07, 6.45) is 5.51. The van der Waals surface area contributed by atoms with Crippen molar-refractivity contribution in [2.24, 2.45) is 0 Å². The Morgan fingerprint density at radius 1 is 1.32 bits per heavy atom. The summed E-state index contributed by atoms with van der Waals surface area (Å²) in [7, 11) is 1.70. The van der Waals surface area contributed by atoms with Crippen LogP contribution < -0.4 is 4.74 Å². The van der Waals surface area contributed by atoms with Crippen LogP contribution in [0.4, 0.5) is 0 Å². The van der Waals surface area contributed by atoms with Gasteiger partial charge in [0.1, 0.15) is 11.6 Å². The number of aromatic nitrogens is 2. The first-order valence-corrected chi connectivity index (χ1v) is 6.95. The molecule has 2 heterocycles. The first kappa shape index (κ1) is 12.3. The van der Waals surface area contributed by atoms with Gasteiger partial charge in [0, 0.05) is 24.9 Å². The maximum Gasteiger partial charge on any atom is 0.118 e. The molecule has 3 heteroatoms. The van der Waals surface area contributed by atoms with Crippen LogP contribution in [0.3, 0.4) is 0 Å². The smallest absolute Gasteiger partial charge is 0.118 e. The van der Waals surface area contributed by atoms with Crippen LogP contribution in [0.5, 0.6) is 5.75 Å². The summed E-state index contributed by atoms with van der Waals surface area (Å²) < 4.78 is 7.59. The minimum absolute atomic E-state index is 0.644. The Morgan fingerprint density at radius 2 is 2.11 bits per heavy atom. The van der Waals surface area contributed by atoms with E-state index in [1.54, 1.807) is 7.11 Å². The van der Waals surface area contributed by atoms with Crippen molar-refractivity contribution in [2.45, 2.75) is 38.6 Å². The molecule has 1 aromatic carbocycles. The fourth-order valence-corrected chi connectivity index (χ4v) is 2.85. The summed E-state index contributed by atoms with van der Waals surface area (Å²) in [6, 6.07) is 8.26. The van der Waals surface area contributed by atoms with Crippen LogP contribution in [0.2, 0.25) is 0 Å². The van der Waals surface area contributed by atoms with E-state index < -0.39 is 0 Å². The van der Waals surface area contributed by atoms with Crippen LogP contribution in [0.1, 0.15) is 42.8 Å². The summed E-state index contributed by atoms with van der Waals surface area (Å²) >= 11 is 0. The van der Waals surface area contributed by atoms with Crippen LogP contribution in [-0.4, -0.2) is 16.7 Å². The third-order valence-corrected chi connectivity index (χ3v) is 4.01. The molecule has 0 saturated carbocycles. The lowest BCUT2D eigenvalue weighted by atomic mass is 9.98. The lowest BCUT2D eigenvalue weighted by molar-refractivity contribution is 0.414. The monoisotopic (exact) mass is 256 g/mol. The maximum atomic E-state index is 5.19. The Labute approximate surface area is 114 Å². The molecule has 0 saturated heterocycles. The van der Waals surface area contributed by atoms with Crippen molar-refractivity contribution < 1.29 is 4.74 Å². The SMILES string of the molecule is COc1ccc(Cc2ncc3n2CCCC3C)cc1. The third kappa shape index (κ3) is 2.37. The van der Waals surface area contributed by atoms with Crippen molar-refractivity contribution in [3.8, 4) is 5.75 Å². The number of ether oxygens (including phenoxy) is 1. The number of fused-ring (bicyclic) bond motifs is 1. The number of hydrogen-bond donors (Lipinski definition) is 0. The Kier molecular flexibility index (Phi) is 3.28. The van der Waals surface area contributed by atoms with Crippen molar-refractivity contribution in [3.63, 3.8) is 0 Å². The molecular weight excluding hydrogens is 236 g/mol. The van der Waals surface area contributed by atoms with Crippen LogP contribution in [0.25, 0.3) is 0 Å². The van der Waals surface area contributed by atoms with Gasteiger partial charge in [-0.05, 0) is 36.5 Å². The number of benzene rings is 1. The molecule has 0 spiro atoms. The molecule has 0 N–H and O–H groups in total. The molecule has 3 rings (SSSR count). The van der Waals surface area contributed by atoms with E-state index in [4.69, 9.17) is 4.74 Å². The van der Waals surface area contributed by atoms with E-state index >= 15 is 0 Å². The summed E-state index contributed by atoms with van der Waals surface area (Å²) in [4.78, 5) is 4.62. The Hall–Kier alpha value is -1.77. The summed E-state index contributed by atoms with van der Waals surface area (Å²) in [6.45, 7) is 3.41. The van der Waals surface area contributed by atoms with Crippen LogP contribution >= 0.6 is 0 Å². The first-order valence-electron chi connectivity index (χ1n) is 6.95. The highest BCUT2D eigenvalue weighted by Crippen LogP contribution is 2.28. The minimum Gasteiger partial charge on any atom is -0.497 e. The normalized spacial score (nSPS) is 18.1. The molecule has 3 nitrogen and oxygen atoms in total. The third-order valence-electron chi connectivity index (χ3n) is 4.01. The van der Waals surface area contributed by atoms with Gasteiger partial charge in [-0.1, -0.05) is 19.1 Å². The standard InChI is InChI=1S/C16H20N2O/c1-12-4-3-9-18-15(12)11-17-16(18)10-13-5-7-14(19-2)8-6-13/h5-8,11-12H,3-4,9-10H2,1-2H3. The molecule has 19 heavy (non-hydrogen) atoms. The quantitative estimate of drug-likeness (QED) is 0.841. The molecule has 0 fully saturated rings. The molecule has 2 aromatic rings. The lowest BCUT2D eigenvalue weighted by Crippen LogP contribution is -2.15. The van der Waals surface area contributed by atoms with E-state index in [-0.39, 0.29) is 0 Å². The van der Waals surface area contributed by atoms with Gasteiger partial charge in [-0.15, -0.1) is 0 Å². The lowest BCUT2D eigenvalue weighted by Gasteiger charge is -2.22. The van der Waals surface area contributed by atoms with Gasteiger partial charge in [-0.2, -0.15) is 0 Å². The van der Waals surface area contributed by atoms with Gasteiger partial charge in [0.25, 0.3) is 0 Å². The highest BCUT2D eigenvalue weighted by Gasteiger charge is 2.19. The maximum absolute atomic E-state index is 5.19. The van der Waals surface area contributed by atoms with Gasteiger partial charge in [-0.25, -0.2) is 4.98 Å². The van der Waals surface area contributed by atoms with E-state index in [0.29, 0.717) is 5.92 Å². The second-order valence-corrected chi connectivity index (χ2v) is 5.32. The summed E-state index contributed by atoms with van der Waals surface area (Å²) in [5.74, 6) is 2.74. The predicted octanol–water partition coefficient (Wildman–Crippen LogP) is 3.38. The molecular formula is C16H20N2O. The Morgan fingerprint density at radius 3 is 2.84 bits per heavy atom. The zero-order chi connectivity index (χ0) is 13.2. The molecule has 1 unspecified atom stereocenters.